The topological polar surface area (TPSA) is 241 Å². The Morgan fingerprint density at radius 2 is 0.950 bits per heavy atom. The second kappa shape index (κ2) is 13.4. The number of fused-ring (bicyclic) bond motifs is 3. The van der Waals surface area contributed by atoms with Crippen molar-refractivity contribution in [3.63, 3.8) is 0 Å². The first-order valence-electron chi connectivity index (χ1n) is 10.5. The average molecular weight is 706 g/mol. The van der Waals surface area contributed by atoms with E-state index in [1.807, 2.05) is 0 Å². The van der Waals surface area contributed by atoms with Crippen molar-refractivity contribution in [1.82, 2.24) is 0 Å². The van der Waals surface area contributed by atoms with E-state index in [1.54, 1.807) is 0 Å². The van der Waals surface area contributed by atoms with Crippen molar-refractivity contribution in [2.24, 2.45) is 0 Å². The maximum atomic E-state index is 13.3. The summed E-state index contributed by atoms with van der Waals surface area (Å²) in [5.74, 6) is 0. The minimum Gasteiger partial charge on any atom is -0.314 e. The number of phosphoric ester groups is 5. The lowest BCUT2D eigenvalue weighted by molar-refractivity contribution is -0.189. The molecule has 0 aromatic rings. The molecule has 236 valence electrons. The van der Waals surface area contributed by atoms with Gasteiger partial charge in [0.1, 0.15) is 36.6 Å². The molecule has 0 radical (unpaired) electrons. The van der Waals surface area contributed by atoms with Gasteiger partial charge in [0, 0.05) is 49.8 Å². The van der Waals surface area contributed by atoms with Crippen LogP contribution in [0.4, 0.5) is 0 Å². The quantitative estimate of drug-likeness (QED) is 0.277. The normalized spacial score (nSPS) is 45.1. The predicted molar refractivity (Wildman–Crippen MR) is 128 cm³/mol. The Morgan fingerprint density at radius 3 is 1.27 bits per heavy atom. The molecule has 2 aliphatic heterocycles. The molecule has 0 amide bonds. The molecule has 2 saturated heterocycles. The molecular weight excluding hydrogens is 678 g/mol. The number of hydrogen-bond donors (Lipinski definition) is 0. The van der Waals surface area contributed by atoms with Gasteiger partial charge in [-0.1, -0.05) is 0 Å². The maximum Gasteiger partial charge on any atom is 0.483 e. The molecule has 0 spiro atoms. The van der Waals surface area contributed by atoms with Crippen LogP contribution in [-0.4, -0.2) is 86.4 Å². The maximum absolute atomic E-state index is 13.3. The van der Waals surface area contributed by atoms with E-state index in [1.165, 1.54) is 0 Å². The monoisotopic (exact) mass is 706 g/mol. The van der Waals surface area contributed by atoms with E-state index in [0.717, 1.165) is 49.8 Å². The van der Waals surface area contributed by atoms with E-state index < -0.39 is 84.0 Å². The molecule has 3 aliphatic rings. The van der Waals surface area contributed by atoms with E-state index in [-0.39, 0.29) is 0 Å². The minimum atomic E-state index is -4.91. The van der Waals surface area contributed by atoms with E-state index in [4.69, 9.17) is 67.4 Å². The summed E-state index contributed by atoms with van der Waals surface area (Å²) >= 11 is 0. The van der Waals surface area contributed by atoms with Gasteiger partial charge in [-0.05, 0) is 0 Å². The van der Waals surface area contributed by atoms with Crippen LogP contribution in [0.2, 0.25) is 0 Å². The van der Waals surface area contributed by atoms with Gasteiger partial charge in [-0.3, -0.25) is 54.3 Å². The molecule has 1 saturated carbocycles. The second-order valence-electron chi connectivity index (χ2n) is 7.38. The van der Waals surface area contributed by atoms with Gasteiger partial charge in [-0.2, -0.15) is 8.62 Å². The Morgan fingerprint density at radius 1 is 0.600 bits per heavy atom. The fraction of sp³-hybridized carbons (Fsp3) is 1.00. The predicted octanol–water partition coefficient (Wildman–Crippen LogP) is 3.83. The highest BCUT2D eigenvalue weighted by atomic mass is 31.3. The van der Waals surface area contributed by atoms with E-state index in [2.05, 4.69) is 0 Å². The molecule has 0 bridgehead atoms. The molecular formula is C13H28O21P6. The van der Waals surface area contributed by atoms with Crippen LogP contribution in [0.5, 0.6) is 0 Å². The zero-order chi connectivity index (χ0) is 30.1. The third-order valence-corrected chi connectivity index (χ3v) is 14.5. The minimum absolute atomic E-state index is 0.850. The Bertz CT molecular complexity index is 1170. The highest BCUT2D eigenvalue weighted by Crippen LogP contribution is 2.74. The standard InChI is InChI=1S/C13H28O21P6/c1-20-35(14)27-8-9(28-36(15,21-2)22-3)11-13(32-40(19,26-7)34-38(17,24-5)30-11)12-10(8)29-37(16,23-4)33-39(18,25-6)31-12/h8-13,35H,1-7H3. The summed E-state index contributed by atoms with van der Waals surface area (Å²) in [6.45, 7) is 0. The Kier molecular flexibility index (Phi) is 11.8. The molecule has 3 fully saturated rings. The van der Waals surface area contributed by atoms with E-state index in [0.29, 0.717) is 0 Å². The van der Waals surface area contributed by atoms with Gasteiger partial charge in [-0.25, -0.2) is 22.8 Å². The zero-order valence-electron chi connectivity index (χ0n) is 21.8. The molecule has 3 rings (SSSR count). The summed E-state index contributed by atoms with van der Waals surface area (Å²) in [5, 5.41) is 0. The smallest absolute Gasteiger partial charge is 0.314 e. The molecule has 21 nitrogen and oxygen atoms in total. The van der Waals surface area contributed by atoms with Crippen LogP contribution in [0.15, 0.2) is 0 Å². The average Bonchev–Trinajstić information content (AvgIpc) is 3.14. The Hall–Kier alpha value is 0.780. The van der Waals surface area contributed by atoms with E-state index >= 15 is 0 Å². The lowest BCUT2D eigenvalue weighted by atomic mass is 9.85. The van der Waals surface area contributed by atoms with Gasteiger partial charge in [0.05, 0.1) is 0 Å². The van der Waals surface area contributed by atoms with Crippen LogP contribution >= 0.6 is 47.4 Å². The van der Waals surface area contributed by atoms with Gasteiger partial charge in [-0.15, -0.1) is 0 Å². The molecule has 11 atom stereocenters. The summed E-state index contributed by atoms with van der Waals surface area (Å²) in [4.78, 5) is 0. The molecule has 0 aromatic carbocycles. The van der Waals surface area contributed by atoms with Crippen LogP contribution < -0.4 is 0 Å². The Balaban J connectivity index is 2.32. The largest absolute Gasteiger partial charge is 0.483 e. The van der Waals surface area contributed by atoms with E-state index in [9.17, 15) is 27.4 Å². The molecule has 11 unspecified atom stereocenters. The van der Waals surface area contributed by atoms with Crippen LogP contribution in [0.1, 0.15) is 0 Å². The Labute approximate surface area is 228 Å². The van der Waals surface area contributed by atoms with Crippen molar-refractivity contribution in [3.05, 3.63) is 0 Å². The fourth-order valence-electron chi connectivity index (χ4n) is 3.55. The van der Waals surface area contributed by atoms with Crippen molar-refractivity contribution in [1.29, 1.82) is 0 Å². The highest BCUT2D eigenvalue weighted by molar-refractivity contribution is 7.63. The molecule has 0 aromatic heterocycles. The number of hydrogen-bond acceptors (Lipinski definition) is 21. The summed E-state index contributed by atoms with van der Waals surface area (Å²) in [5.41, 5.74) is 0. The SMILES string of the molecule is CO[PH](=O)OC1C(OP(=O)(OC)OC)C2OP(=O)(OC)OP(=O)(OC)OC2C2OP(=O)(OC)OP(=O)(OC)OC12. The van der Waals surface area contributed by atoms with Crippen LogP contribution in [0.25, 0.3) is 0 Å². The van der Waals surface area contributed by atoms with Crippen molar-refractivity contribution < 1.29 is 94.8 Å². The van der Waals surface area contributed by atoms with Gasteiger partial charge in [0.2, 0.25) is 0 Å². The first-order chi connectivity index (χ1) is 18.6. The third-order valence-electron chi connectivity index (χ3n) is 5.34. The van der Waals surface area contributed by atoms with Crippen LogP contribution in [-0.2, 0) is 94.8 Å². The first-order valence-corrected chi connectivity index (χ1v) is 19.1. The van der Waals surface area contributed by atoms with Gasteiger partial charge >= 0.3 is 47.4 Å². The summed E-state index contributed by atoms with van der Waals surface area (Å²) in [6.07, 6.45) is -11.8. The van der Waals surface area contributed by atoms with Crippen molar-refractivity contribution >= 4 is 47.4 Å². The summed E-state index contributed by atoms with van der Waals surface area (Å²) in [7, 11) is -21.4. The van der Waals surface area contributed by atoms with Crippen molar-refractivity contribution in [3.8, 4) is 0 Å². The van der Waals surface area contributed by atoms with Crippen molar-refractivity contribution in [2.75, 3.05) is 49.8 Å². The second-order valence-corrected chi connectivity index (χ2v) is 17.5. The number of rotatable bonds is 11. The highest BCUT2D eigenvalue weighted by Gasteiger charge is 2.67. The molecule has 2 heterocycles. The summed E-state index contributed by atoms with van der Waals surface area (Å²) < 4.78 is 155. The number of phosphoric acid groups is 5. The molecule has 40 heavy (non-hydrogen) atoms. The molecule has 0 N–H and O–H groups in total. The molecule has 1 aliphatic carbocycles. The first kappa shape index (κ1) is 35.3. The van der Waals surface area contributed by atoms with Gasteiger partial charge < -0.3 is 9.05 Å². The lowest BCUT2D eigenvalue weighted by Gasteiger charge is -2.46. The van der Waals surface area contributed by atoms with Crippen molar-refractivity contribution in [2.45, 2.75) is 36.6 Å². The zero-order valence-corrected chi connectivity index (χ0v) is 27.2. The van der Waals surface area contributed by atoms with Gasteiger partial charge in [0.25, 0.3) is 0 Å². The van der Waals surface area contributed by atoms with Crippen LogP contribution in [0.3, 0.4) is 0 Å². The molecule has 27 heteroatoms. The summed E-state index contributed by atoms with van der Waals surface area (Å²) in [6, 6.07) is 0. The third kappa shape index (κ3) is 7.52. The lowest BCUT2D eigenvalue weighted by Crippen LogP contribution is -2.65. The van der Waals surface area contributed by atoms with Crippen LogP contribution in [0, 0.1) is 0 Å². The van der Waals surface area contributed by atoms with Gasteiger partial charge in [0.15, 0.2) is 0 Å². The fourth-order valence-corrected chi connectivity index (χ4v) is 11.1.